The van der Waals surface area contributed by atoms with Gasteiger partial charge in [0.15, 0.2) is 0 Å². The van der Waals surface area contributed by atoms with Gasteiger partial charge in [-0.3, -0.25) is 4.98 Å². The maximum Gasteiger partial charge on any atom is 0.0653 e. The van der Waals surface area contributed by atoms with Crippen molar-refractivity contribution in [2.45, 2.75) is 62.6 Å². The van der Waals surface area contributed by atoms with Gasteiger partial charge in [0.25, 0.3) is 0 Å². The summed E-state index contributed by atoms with van der Waals surface area (Å²) in [5.74, 6) is 0.751. The topological polar surface area (TPSA) is 36.4 Å². The van der Waals surface area contributed by atoms with Gasteiger partial charge in [-0.25, -0.2) is 0 Å². The minimum Gasteiger partial charge on any atom is -0.392 e. The lowest BCUT2D eigenvalue weighted by molar-refractivity contribution is 0.0200. The molecule has 4 unspecified atom stereocenters. The number of hydrogen-bond acceptors (Lipinski definition) is 3. The average Bonchev–Trinajstić information content (AvgIpc) is 2.95. The summed E-state index contributed by atoms with van der Waals surface area (Å²) in [6.45, 7) is 0. The highest BCUT2D eigenvalue weighted by Crippen LogP contribution is 2.44. The quantitative estimate of drug-likeness (QED) is 0.898. The molecule has 0 radical (unpaired) electrons. The summed E-state index contributed by atoms with van der Waals surface area (Å²) >= 11 is 0. The lowest BCUT2D eigenvalue weighted by Crippen LogP contribution is -2.44. The molecule has 3 heterocycles. The Bertz CT molecular complexity index is 490. The molecule has 108 valence electrons. The Morgan fingerprint density at radius 2 is 2.00 bits per heavy atom. The molecule has 0 aromatic carbocycles. The standard InChI is InChI=1S/C17H24N2O/c1-19-13-5-6-14(19)10-12(9-13)17(20)15-7-4-11-3-2-8-18-16(11)15/h2-3,8,12-15,17,20H,4-7,9-10H2,1H3. The fourth-order valence-corrected chi connectivity index (χ4v) is 4.84. The third-order valence-electron chi connectivity index (χ3n) is 6.03. The van der Waals surface area contributed by atoms with Crippen LogP contribution >= 0.6 is 0 Å². The first-order valence-electron chi connectivity index (χ1n) is 8.08. The van der Waals surface area contributed by atoms with E-state index < -0.39 is 0 Å². The van der Waals surface area contributed by atoms with Gasteiger partial charge in [0.05, 0.1) is 6.10 Å². The van der Waals surface area contributed by atoms with E-state index in [2.05, 4.69) is 23.0 Å². The Hall–Kier alpha value is -0.930. The van der Waals surface area contributed by atoms with E-state index in [4.69, 9.17) is 0 Å². The van der Waals surface area contributed by atoms with Crippen LogP contribution in [0.15, 0.2) is 18.3 Å². The zero-order chi connectivity index (χ0) is 13.7. The summed E-state index contributed by atoms with van der Waals surface area (Å²) < 4.78 is 0. The molecule has 3 aliphatic rings. The fourth-order valence-electron chi connectivity index (χ4n) is 4.84. The van der Waals surface area contributed by atoms with Gasteiger partial charge in [-0.2, -0.15) is 0 Å². The molecule has 1 aromatic rings. The van der Waals surface area contributed by atoms with Crippen LogP contribution in [-0.2, 0) is 6.42 Å². The number of fused-ring (bicyclic) bond motifs is 3. The summed E-state index contributed by atoms with van der Waals surface area (Å²) in [4.78, 5) is 7.10. The molecule has 0 spiro atoms. The van der Waals surface area contributed by atoms with Crippen molar-refractivity contribution in [3.05, 3.63) is 29.6 Å². The van der Waals surface area contributed by atoms with Gasteiger partial charge in [0.2, 0.25) is 0 Å². The summed E-state index contributed by atoms with van der Waals surface area (Å²) in [7, 11) is 2.26. The molecule has 2 aliphatic heterocycles. The van der Waals surface area contributed by atoms with Crippen LogP contribution in [0.3, 0.4) is 0 Å². The van der Waals surface area contributed by atoms with Gasteiger partial charge in [0, 0.05) is 29.9 Å². The maximum absolute atomic E-state index is 10.9. The molecule has 2 saturated heterocycles. The summed E-state index contributed by atoms with van der Waals surface area (Å²) in [5.41, 5.74) is 2.53. The number of nitrogens with zero attached hydrogens (tertiary/aromatic N) is 2. The van der Waals surface area contributed by atoms with Crippen molar-refractivity contribution >= 4 is 0 Å². The van der Waals surface area contributed by atoms with Crippen LogP contribution in [0.4, 0.5) is 0 Å². The maximum atomic E-state index is 10.9. The molecule has 1 N–H and O–H groups in total. The molecule has 2 bridgehead atoms. The molecule has 3 nitrogen and oxygen atoms in total. The van der Waals surface area contributed by atoms with Crippen LogP contribution in [0.1, 0.15) is 49.3 Å². The van der Waals surface area contributed by atoms with Gasteiger partial charge in [-0.1, -0.05) is 6.07 Å². The number of aliphatic hydroxyl groups excluding tert-OH is 1. The van der Waals surface area contributed by atoms with E-state index in [0.717, 1.165) is 12.8 Å². The van der Waals surface area contributed by atoms with Crippen molar-refractivity contribution in [2.75, 3.05) is 7.05 Å². The second-order valence-corrected chi connectivity index (χ2v) is 6.97. The Morgan fingerprint density at radius 1 is 1.25 bits per heavy atom. The van der Waals surface area contributed by atoms with E-state index in [1.165, 1.54) is 36.9 Å². The molecule has 4 atom stereocenters. The lowest BCUT2D eigenvalue weighted by Gasteiger charge is -2.39. The molecule has 20 heavy (non-hydrogen) atoms. The number of hydrogen-bond donors (Lipinski definition) is 1. The number of aliphatic hydroxyl groups is 1. The largest absolute Gasteiger partial charge is 0.392 e. The van der Waals surface area contributed by atoms with E-state index in [-0.39, 0.29) is 12.0 Å². The van der Waals surface area contributed by atoms with Crippen molar-refractivity contribution < 1.29 is 5.11 Å². The fraction of sp³-hybridized carbons (Fsp3) is 0.706. The second-order valence-electron chi connectivity index (χ2n) is 6.97. The number of pyridine rings is 1. The van der Waals surface area contributed by atoms with Crippen molar-refractivity contribution in [1.82, 2.24) is 9.88 Å². The number of aryl methyl sites for hydroxylation is 1. The third-order valence-corrected chi connectivity index (χ3v) is 6.03. The molecular weight excluding hydrogens is 248 g/mol. The van der Waals surface area contributed by atoms with Crippen molar-refractivity contribution in [2.24, 2.45) is 5.92 Å². The summed E-state index contributed by atoms with van der Waals surface area (Å²) in [6, 6.07) is 5.60. The van der Waals surface area contributed by atoms with Crippen molar-refractivity contribution in [3.8, 4) is 0 Å². The normalized spacial score (nSPS) is 37.9. The summed E-state index contributed by atoms with van der Waals surface area (Å²) in [5, 5.41) is 10.9. The van der Waals surface area contributed by atoms with Crippen LogP contribution in [0.2, 0.25) is 0 Å². The molecule has 1 aromatic heterocycles. The van der Waals surface area contributed by atoms with Gasteiger partial charge in [0.1, 0.15) is 0 Å². The molecule has 3 heteroatoms. The predicted molar refractivity (Wildman–Crippen MR) is 78.6 cm³/mol. The molecule has 1 aliphatic carbocycles. The third kappa shape index (κ3) is 1.91. The van der Waals surface area contributed by atoms with E-state index in [0.29, 0.717) is 18.0 Å². The SMILES string of the molecule is CN1C2CCC1CC(C(O)C1CCc3cccnc31)C2. The highest BCUT2D eigenvalue weighted by Gasteiger charge is 2.43. The lowest BCUT2D eigenvalue weighted by atomic mass is 9.80. The number of aromatic nitrogens is 1. The van der Waals surface area contributed by atoms with Gasteiger partial charge in [-0.05, 0) is 63.1 Å². The Labute approximate surface area is 121 Å². The monoisotopic (exact) mass is 272 g/mol. The first-order valence-corrected chi connectivity index (χ1v) is 8.08. The van der Waals surface area contributed by atoms with E-state index >= 15 is 0 Å². The van der Waals surface area contributed by atoms with E-state index in [1.54, 1.807) is 0 Å². The average molecular weight is 272 g/mol. The van der Waals surface area contributed by atoms with E-state index in [1.807, 2.05) is 12.3 Å². The number of rotatable bonds is 2. The number of piperidine rings is 1. The van der Waals surface area contributed by atoms with Gasteiger partial charge >= 0.3 is 0 Å². The van der Waals surface area contributed by atoms with Crippen LogP contribution in [0.5, 0.6) is 0 Å². The first-order chi connectivity index (χ1) is 9.74. The summed E-state index contributed by atoms with van der Waals surface area (Å²) in [6.07, 6.45) is 8.85. The highest BCUT2D eigenvalue weighted by atomic mass is 16.3. The molecule has 4 rings (SSSR count). The first kappa shape index (κ1) is 12.8. The van der Waals surface area contributed by atoms with Crippen molar-refractivity contribution in [1.29, 1.82) is 0 Å². The van der Waals surface area contributed by atoms with E-state index in [9.17, 15) is 5.11 Å². The molecule has 0 saturated carbocycles. The van der Waals surface area contributed by atoms with Crippen LogP contribution in [0, 0.1) is 5.92 Å². The minimum absolute atomic E-state index is 0.192. The molecule has 0 amide bonds. The highest BCUT2D eigenvalue weighted by molar-refractivity contribution is 5.29. The Kier molecular flexibility index (Phi) is 3.08. The van der Waals surface area contributed by atoms with Gasteiger partial charge in [-0.15, -0.1) is 0 Å². The molecule has 2 fully saturated rings. The van der Waals surface area contributed by atoms with Crippen molar-refractivity contribution in [3.63, 3.8) is 0 Å². The zero-order valence-electron chi connectivity index (χ0n) is 12.2. The predicted octanol–water partition coefficient (Wildman–Crippen LogP) is 2.35. The van der Waals surface area contributed by atoms with Crippen LogP contribution in [-0.4, -0.2) is 40.2 Å². The Balaban J connectivity index is 1.53. The van der Waals surface area contributed by atoms with Crippen LogP contribution < -0.4 is 0 Å². The molecular formula is C17H24N2O. The minimum atomic E-state index is -0.192. The second kappa shape index (κ2) is 4.81. The Morgan fingerprint density at radius 3 is 2.75 bits per heavy atom. The smallest absolute Gasteiger partial charge is 0.0653 e. The zero-order valence-corrected chi connectivity index (χ0v) is 12.2. The van der Waals surface area contributed by atoms with Gasteiger partial charge < -0.3 is 10.0 Å². The van der Waals surface area contributed by atoms with Crippen LogP contribution in [0.25, 0.3) is 0 Å².